The van der Waals surface area contributed by atoms with Crippen molar-refractivity contribution in [3.8, 4) is 5.75 Å². The molecule has 0 bridgehead atoms. The number of thioether (sulfide) groups is 1. The zero-order valence-corrected chi connectivity index (χ0v) is 20.3. The van der Waals surface area contributed by atoms with E-state index >= 15 is 0 Å². The molecule has 4 aromatic rings. The van der Waals surface area contributed by atoms with Crippen LogP contribution in [0.2, 0.25) is 0 Å². The largest absolute Gasteiger partial charge is 0.489 e. The highest BCUT2D eigenvalue weighted by Gasteiger charge is 2.36. The summed E-state index contributed by atoms with van der Waals surface area (Å²) in [7, 11) is 0. The monoisotopic (exact) mass is 512 g/mol. The number of amides is 3. The van der Waals surface area contributed by atoms with Crippen molar-refractivity contribution in [1.82, 2.24) is 4.90 Å². The summed E-state index contributed by atoms with van der Waals surface area (Å²) >= 11 is 0.787. The third-order valence-corrected chi connectivity index (χ3v) is 6.62. The summed E-state index contributed by atoms with van der Waals surface area (Å²) in [5.41, 5.74) is 2.10. The van der Waals surface area contributed by atoms with Gasteiger partial charge in [0.25, 0.3) is 11.1 Å². The predicted molar refractivity (Wildman–Crippen MR) is 142 cm³/mol. The number of hydrogen-bond acceptors (Lipinski definition) is 5. The van der Waals surface area contributed by atoms with Gasteiger partial charge in [-0.3, -0.25) is 19.3 Å². The Kier molecular flexibility index (Phi) is 7.00. The Labute approximate surface area is 216 Å². The lowest BCUT2D eigenvalue weighted by Gasteiger charge is -2.13. The van der Waals surface area contributed by atoms with Crippen LogP contribution in [0.25, 0.3) is 16.8 Å². The third-order valence-electron chi connectivity index (χ3n) is 5.71. The van der Waals surface area contributed by atoms with E-state index in [2.05, 4.69) is 5.32 Å². The minimum Gasteiger partial charge on any atom is -0.489 e. The molecule has 1 aliphatic rings. The van der Waals surface area contributed by atoms with Gasteiger partial charge in [0.15, 0.2) is 0 Å². The van der Waals surface area contributed by atoms with Gasteiger partial charge in [0.2, 0.25) is 5.91 Å². The summed E-state index contributed by atoms with van der Waals surface area (Å²) in [6.45, 7) is -0.127. The summed E-state index contributed by atoms with van der Waals surface area (Å²) in [6, 6.07) is 26.3. The topological polar surface area (TPSA) is 75.7 Å². The van der Waals surface area contributed by atoms with E-state index in [0.29, 0.717) is 17.0 Å². The number of hydrogen-bond donors (Lipinski definition) is 1. The molecule has 0 radical (unpaired) electrons. The molecule has 0 spiro atoms. The first kappa shape index (κ1) is 24.3. The zero-order chi connectivity index (χ0) is 25.8. The number of rotatable bonds is 7. The molecule has 1 N–H and O–H groups in total. The van der Waals surface area contributed by atoms with E-state index in [4.69, 9.17) is 4.74 Å². The van der Waals surface area contributed by atoms with Crippen molar-refractivity contribution in [2.75, 3.05) is 11.9 Å². The Morgan fingerprint density at radius 1 is 0.946 bits per heavy atom. The van der Waals surface area contributed by atoms with Gasteiger partial charge in [-0.15, -0.1) is 0 Å². The molecule has 184 valence electrons. The molecule has 0 atom stereocenters. The standard InChI is InChI=1S/C29H21FN2O4S/c30-22-13-11-19(12-14-22)18-36-23-8-3-5-20(15-23)16-26-28(34)32(29(35)37-26)17-27(33)31-25-10-4-7-21-6-1-2-9-24(21)25/h1-16H,17-18H2,(H,31,33)/b26-16+. The highest BCUT2D eigenvalue weighted by Crippen LogP contribution is 2.33. The lowest BCUT2D eigenvalue weighted by Crippen LogP contribution is -2.36. The number of halogens is 1. The summed E-state index contributed by atoms with van der Waals surface area (Å²) in [5, 5.41) is 4.14. The normalized spacial score (nSPS) is 14.4. The molecular weight excluding hydrogens is 491 g/mol. The highest BCUT2D eigenvalue weighted by molar-refractivity contribution is 8.18. The van der Waals surface area contributed by atoms with Crippen molar-refractivity contribution in [2.45, 2.75) is 6.61 Å². The van der Waals surface area contributed by atoms with E-state index in [9.17, 15) is 18.8 Å². The van der Waals surface area contributed by atoms with E-state index in [-0.39, 0.29) is 23.9 Å². The smallest absolute Gasteiger partial charge is 0.294 e. The van der Waals surface area contributed by atoms with Crippen molar-refractivity contribution in [2.24, 2.45) is 0 Å². The maximum Gasteiger partial charge on any atom is 0.294 e. The fraction of sp³-hybridized carbons (Fsp3) is 0.0690. The first-order valence-corrected chi connectivity index (χ1v) is 12.3. The number of benzene rings is 4. The molecule has 0 aliphatic carbocycles. The Morgan fingerprint density at radius 3 is 2.54 bits per heavy atom. The first-order chi connectivity index (χ1) is 18.0. The summed E-state index contributed by atoms with van der Waals surface area (Å²) in [5.74, 6) is -0.741. The first-order valence-electron chi connectivity index (χ1n) is 11.5. The van der Waals surface area contributed by atoms with Gasteiger partial charge >= 0.3 is 0 Å². The van der Waals surface area contributed by atoms with Crippen LogP contribution in [-0.4, -0.2) is 28.5 Å². The van der Waals surface area contributed by atoms with Crippen molar-refractivity contribution in [3.63, 3.8) is 0 Å². The van der Waals surface area contributed by atoms with Crippen molar-refractivity contribution in [1.29, 1.82) is 0 Å². The van der Waals surface area contributed by atoms with Crippen molar-refractivity contribution in [3.05, 3.63) is 113 Å². The molecule has 0 aromatic heterocycles. The molecule has 4 aromatic carbocycles. The number of fused-ring (bicyclic) bond motifs is 1. The fourth-order valence-corrected chi connectivity index (χ4v) is 4.74. The molecule has 37 heavy (non-hydrogen) atoms. The maximum absolute atomic E-state index is 13.1. The molecule has 1 heterocycles. The second kappa shape index (κ2) is 10.7. The Bertz CT molecular complexity index is 1530. The lowest BCUT2D eigenvalue weighted by molar-refractivity contribution is -0.127. The van der Waals surface area contributed by atoms with Gasteiger partial charge in [-0.25, -0.2) is 4.39 Å². The van der Waals surface area contributed by atoms with Crippen LogP contribution in [0.15, 0.2) is 95.9 Å². The molecular formula is C29H21FN2O4S. The number of carbonyl (C=O) groups excluding carboxylic acids is 3. The minimum atomic E-state index is -0.527. The molecule has 3 amide bonds. The van der Waals surface area contributed by atoms with Crippen LogP contribution >= 0.6 is 11.8 Å². The number of ether oxygens (including phenoxy) is 1. The quantitative estimate of drug-likeness (QED) is 0.297. The van der Waals surface area contributed by atoms with Gasteiger partial charge in [0.05, 0.1) is 4.91 Å². The molecule has 1 fully saturated rings. The Hall–Kier alpha value is -4.43. The van der Waals surface area contributed by atoms with Crippen molar-refractivity contribution < 1.29 is 23.5 Å². The molecule has 0 unspecified atom stereocenters. The van der Waals surface area contributed by atoms with Gasteiger partial charge in [0.1, 0.15) is 24.7 Å². The van der Waals surface area contributed by atoms with Gasteiger partial charge in [-0.05, 0) is 64.7 Å². The van der Waals surface area contributed by atoms with Gasteiger partial charge < -0.3 is 10.1 Å². The average Bonchev–Trinajstić information content (AvgIpc) is 3.16. The van der Waals surface area contributed by atoms with E-state index in [0.717, 1.165) is 33.0 Å². The number of nitrogens with one attached hydrogen (secondary N) is 1. The molecule has 8 heteroatoms. The van der Waals surface area contributed by atoms with Gasteiger partial charge in [-0.1, -0.05) is 60.7 Å². The fourth-order valence-electron chi connectivity index (χ4n) is 3.90. The van der Waals surface area contributed by atoms with E-state index in [1.807, 2.05) is 36.4 Å². The predicted octanol–water partition coefficient (Wildman–Crippen LogP) is 6.23. The molecule has 1 saturated heterocycles. The number of imide groups is 1. The third kappa shape index (κ3) is 5.70. The van der Waals surface area contributed by atoms with Crippen molar-refractivity contribution >= 4 is 51.4 Å². The second-order valence-corrected chi connectivity index (χ2v) is 9.32. The molecule has 6 nitrogen and oxygen atoms in total. The maximum atomic E-state index is 13.1. The van der Waals surface area contributed by atoms with Crippen LogP contribution in [0.3, 0.4) is 0 Å². The lowest BCUT2D eigenvalue weighted by atomic mass is 10.1. The summed E-state index contributed by atoms with van der Waals surface area (Å²) in [6.07, 6.45) is 1.60. The van der Waals surface area contributed by atoms with Gasteiger partial charge in [0, 0.05) is 11.1 Å². The minimum absolute atomic E-state index is 0.221. The van der Waals surface area contributed by atoms with E-state index < -0.39 is 17.1 Å². The van der Waals surface area contributed by atoms with Crippen LogP contribution in [-0.2, 0) is 16.2 Å². The molecule has 5 rings (SSSR count). The second-order valence-electron chi connectivity index (χ2n) is 8.33. The molecule has 1 aliphatic heterocycles. The number of nitrogens with zero attached hydrogens (tertiary/aromatic N) is 1. The van der Waals surface area contributed by atoms with Crippen LogP contribution < -0.4 is 10.1 Å². The Morgan fingerprint density at radius 2 is 1.70 bits per heavy atom. The van der Waals surface area contributed by atoms with Crippen LogP contribution in [0, 0.1) is 5.82 Å². The average molecular weight is 513 g/mol. The Balaban J connectivity index is 1.24. The van der Waals surface area contributed by atoms with Crippen LogP contribution in [0.4, 0.5) is 14.9 Å². The van der Waals surface area contributed by atoms with Crippen LogP contribution in [0.1, 0.15) is 11.1 Å². The van der Waals surface area contributed by atoms with E-state index in [1.165, 1.54) is 12.1 Å². The van der Waals surface area contributed by atoms with E-state index in [1.54, 1.807) is 48.5 Å². The SMILES string of the molecule is O=C(CN1C(=O)S/C(=C/c2cccc(OCc3ccc(F)cc3)c2)C1=O)Nc1cccc2ccccc12. The van der Waals surface area contributed by atoms with Crippen LogP contribution in [0.5, 0.6) is 5.75 Å². The summed E-state index contributed by atoms with van der Waals surface area (Å²) in [4.78, 5) is 39.3. The molecule has 0 saturated carbocycles. The zero-order valence-electron chi connectivity index (χ0n) is 19.5. The highest BCUT2D eigenvalue weighted by atomic mass is 32.2. The number of anilines is 1. The van der Waals surface area contributed by atoms with Gasteiger partial charge in [-0.2, -0.15) is 0 Å². The summed E-state index contributed by atoms with van der Waals surface area (Å²) < 4.78 is 18.9. The number of carbonyl (C=O) groups is 3.